The van der Waals surface area contributed by atoms with Crippen LogP contribution >= 0.6 is 34.7 Å². The van der Waals surface area contributed by atoms with E-state index in [0.29, 0.717) is 10.8 Å². The summed E-state index contributed by atoms with van der Waals surface area (Å²) in [6.45, 7) is 0. The van der Waals surface area contributed by atoms with Crippen LogP contribution in [0.5, 0.6) is 0 Å². The van der Waals surface area contributed by atoms with Gasteiger partial charge in [-0.1, -0.05) is 23.7 Å². The molecule has 0 aliphatic rings. The standard InChI is InChI=1S/C14H14ClNOS2/c1-18-9-13(17)16-14(11-6-7-19-8-11)10-2-4-12(15)5-3-10/h2-8,14H,9H2,1H3,(H,16,17)/t14-/m1/s1. The lowest BCUT2D eigenvalue weighted by atomic mass is 10.0. The van der Waals surface area contributed by atoms with Crippen molar-refractivity contribution >= 4 is 40.6 Å². The molecule has 0 fully saturated rings. The largest absolute Gasteiger partial charge is 0.344 e. The van der Waals surface area contributed by atoms with Crippen molar-refractivity contribution < 1.29 is 4.79 Å². The molecular weight excluding hydrogens is 298 g/mol. The Kier molecular flexibility index (Phi) is 5.31. The van der Waals surface area contributed by atoms with Gasteiger partial charge >= 0.3 is 0 Å². The van der Waals surface area contributed by atoms with E-state index in [-0.39, 0.29) is 11.9 Å². The first-order valence-corrected chi connectivity index (χ1v) is 8.48. The van der Waals surface area contributed by atoms with Crippen LogP contribution in [-0.4, -0.2) is 17.9 Å². The molecule has 1 heterocycles. The molecule has 1 N–H and O–H groups in total. The van der Waals surface area contributed by atoms with Crippen LogP contribution in [0.4, 0.5) is 0 Å². The monoisotopic (exact) mass is 311 g/mol. The lowest BCUT2D eigenvalue weighted by Gasteiger charge is -2.18. The fourth-order valence-electron chi connectivity index (χ4n) is 1.79. The molecule has 0 radical (unpaired) electrons. The number of carbonyl (C=O) groups is 1. The smallest absolute Gasteiger partial charge is 0.230 e. The Morgan fingerprint density at radius 2 is 2.05 bits per heavy atom. The zero-order valence-electron chi connectivity index (χ0n) is 10.4. The van der Waals surface area contributed by atoms with Crippen molar-refractivity contribution in [2.24, 2.45) is 0 Å². The average Bonchev–Trinajstić information content (AvgIpc) is 2.91. The zero-order valence-corrected chi connectivity index (χ0v) is 12.8. The predicted molar refractivity (Wildman–Crippen MR) is 84.1 cm³/mol. The molecule has 1 amide bonds. The van der Waals surface area contributed by atoms with Gasteiger partial charge in [-0.05, 0) is 46.3 Å². The number of hydrogen-bond donors (Lipinski definition) is 1. The van der Waals surface area contributed by atoms with Gasteiger partial charge in [0.1, 0.15) is 0 Å². The van der Waals surface area contributed by atoms with Gasteiger partial charge in [0.2, 0.25) is 5.91 Å². The summed E-state index contributed by atoms with van der Waals surface area (Å²) in [5.41, 5.74) is 2.14. The molecule has 0 saturated heterocycles. The van der Waals surface area contributed by atoms with E-state index in [4.69, 9.17) is 11.6 Å². The first kappa shape index (κ1) is 14.4. The molecule has 5 heteroatoms. The molecule has 2 rings (SSSR count). The van der Waals surface area contributed by atoms with E-state index in [1.54, 1.807) is 11.3 Å². The summed E-state index contributed by atoms with van der Waals surface area (Å²) >= 11 is 9.05. The Morgan fingerprint density at radius 3 is 2.63 bits per heavy atom. The van der Waals surface area contributed by atoms with Gasteiger partial charge in [0, 0.05) is 5.02 Å². The topological polar surface area (TPSA) is 29.1 Å². The van der Waals surface area contributed by atoms with E-state index in [1.165, 1.54) is 11.8 Å². The minimum absolute atomic E-state index is 0.0404. The van der Waals surface area contributed by atoms with Gasteiger partial charge in [-0.25, -0.2) is 0 Å². The van der Waals surface area contributed by atoms with Gasteiger partial charge in [0.05, 0.1) is 11.8 Å². The van der Waals surface area contributed by atoms with Crippen molar-refractivity contribution in [3.05, 3.63) is 57.2 Å². The molecule has 0 unspecified atom stereocenters. The van der Waals surface area contributed by atoms with E-state index in [1.807, 2.05) is 42.0 Å². The lowest BCUT2D eigenvalue weighted by molar-refractivity contribution is -0.119. The third-order valence-corrected chi connectivity index (χ3v) is 4.16. The summed E-state index contributed by atoms with van der Waals surface area (Å²) in [5.74, 6) is 0.507. The molecule has 0 bridgehead atoms. The van der Waals surface area contributed by atoms with Gasteiger partial charge in [0.25, 0.3) is 0 Å². The predicted octanol–water partition coefficient (Wildman–Crippen LogP) is 3.97. The molecule has 0 aliphatic heterocycles. The van der Waals surface area contributed by atoms with Gasteiger partial charge in [0.15, 0.2) is 0 Å². The first-order valence-electron chi connectivity index (χ1n) is 5.76. The van der Waals surface area contributed by atoms with Crippen molar-refractivity contribution in [2.75, 3.05) is 12.0 Å². The molecule has 0 aliphatic carbocycles. The maximum atomic E-state index is 11.8. The highest BCUT2D eigenvalue weighted by atomic mass is 35.5. The zero-order chi connectivity index (χ0) is 13.7. The third kappa shape index (κ3) is 4.00. The quantitative estimate of drug-likeness (QED) is 0.905. The minimum Gasteiger partial charge on any atom is -0.344 e. The van der Waals surface area contributed by atoms with Crippen LogP contribution in [0.2, 0.25) is 5.02 Å². The van der Waals surface area contributed by atoms with Crippen LogP contribution in [0.15, 0.2) is 41.1 Å². The molecule has 1 aromatic heterocycles. The van der Waals surface area contributed by atoms with Gasteiger partial charge in [-0.2, -0.15) is 23.1 Å². The third-order valence-electron chi connectivity index (χ3n) is 2.66. The molecule has 1 aromatic carbocycles. The molecule has 2 aromatic rings. The minimum atomic E-state index is -0.108. The Hall–Kier alpha value is -0.970. The summed E-state index contributed by atoms with van der Waals surface area (Å²) in [4.78, 5) is 11.8. The average molecular weight is 312 g/mol. The van der Waals surface area contributed by atoms with Crippen molar-refractivity contribution in [3.63, 3.8) is 0 Å². The van der Waals surface area contributed by atoms with E-state index in [2.05, 4.69) is 10.7 Å². The van der Waals surface area contributed by atoms with Crippen LogP contribution in [0.25, 0.3) is 0 Å². The molecule has 19 heavy (non-hydrogen) atoms. The number of hydrogen-bond acceptors (Lipinski definition) is 3. The first-order chi connectivity index (χ1) is 9.20. The number of amides is 1. The molecule has 2 nitrogen and oxygen atoms in total. The molecule has 100 valence electrons. The van der Waals surface area contributed by atoms with Crippen LogP contribution in [0.1, 0.15) is 17.2 Å². The van der Waals surface area contributed by atoms with E-state index >= 15 is 0 Å². The second-order valence-corrected chi connectivity index (χ2v) is 6.12. The molecular formula is C14H14ClNOS2. The van der Waals surface area contributed by atoms with Crippen LogP contribution < -0.4 is 5.32 Å². The van der Waals surface area contributed by atoms with Crippen molar-refractivity contribution in [1.82, 2.24) is 5.32 Å². The summed E-state index contributed by atoms with van der Waals surface area (Å²) in [5, 5.41) is 7.82. The molecule has 0 saturated carbocycles. The van der Waals surface area contributed by atoms with E-state index < -0.39 is 0 Å². The SMILES string of the molecule is CSCC(=O)N[C@H](c1ccc(Cl)cc1)c1ccsc1. The second-order valence-electron chi connectivity index (χ2n) is 4.04. The number of rotatable bonds is 5. The summed E-state index contributed by atoms with van der Waals surface area (Å²) in [6, 6.07) is 9.51. The van der Waals surface area contributed by atoms with Crippen molar-refractivity contribution in [1.29, 1.82) is 0 Å². The molecule has 1 atom stereocenters. The maximum Gasteiger partial charge on any atom is 0.230 e. The molecule has 0 spiro atoms. The Labute approximate surface area is 126 Å². The number of thiophene rings is 1. The second kappa shape index (κ2) is 6.98. The number of benzene rings is 1. The highest BCUT2D eigenvalue weighted by Crippen LogP contribution is 2.25. The summed E-state index contributed by atoms with van der Waals surface area (Å²) in [7, 11) is 0. The number of carbonyl (C=O) groups excluding carboxylic acids is 1. The van der Waals surface area contributed by atoms with Gasteiger partial charge in [-0.15, -0.1) is 0 Å². The Balaban J connectivity index is 2.24. The van der Waals surface area contributed by atoms with E-state index in [0.717, 1.165) is 11.1 Å². The summed E-state index contributed by atoms with van der Waals surface area (Å²) in [6.07, 6.45) is 1.92. The number of nitrogens with one attached hydrogen (secondary N) is 1. The fourth-order valence-corrected chi connectivity index (χ4v) is 2.94. The van der Waals surface area contributed by atoms with Crippen molar-refractivity contribution in [2.45, 2.75) is 6.04 Å². The van der Waals surface area contributed by atoms with Crippen LogP contribution in [0.3, 0.4) is 0 Å². The fraction of sp³-hybridized carbons (Fsp3) is 0.214. The normalized spacial score (nSPS) is 12.1. The van der Waals surface area contributed by atoms with Gasteiger partial charge < -0.3 is 5.32 Å². The Morgan fingerprint density at radius 1 is 1.32 bits per heavy atom. The number of halogens is 1. The van der Waals surface area contributed by atoms with Crippen molar-refractivity contribution in [3.8, 4) is 0 Å². The Bertz CT molecular complexity index is 525. The highest BCUT2D eigenvalue weighted by molar-refractivity contribution is 7.99. The maximum absolute atomic E-state index is 11.8. The summed E-state index contributed by atoms with van der Waals surface area (Å²) < 4.78 is 0. The van der Waals surface area contributed by atoms with E-state index in [9.17, 15) is 4.79 Å². The van der Waals surface area contributed by atoms with Gasteiger partial charge in [-0.3, -0.25) is 4.79 Å². The lowest BCUT2D eigenvalue weighted by Crippen LogP contribution is -2.30. The van der Waals surface area contributed by atoms with Crippen LogP contribution in [0, 0.1) is 0 Å². The number of thioether (sulfide) groups is 1. The van der Waals surface area contributed by atoms with Crippen LogP contribution in [-0.2, 0) is 4.79 Å². The highest BCUT2D eigenvalue weighted by Gasteiger charge is 2.16.